The van der Waals surface area contributed by atoms with E-state index >= 15 is 0 Å². The molecule has 0 bridgehead atoms. The van der Waals surface area contributed by atoms with Crippen LogP contribution in [-0.2, 0) is 9.22 Å². The lowest BCUT2D eigenvalue weighted by Gasteiger charge is -2.43. The van der Waals surface area contributed by atoms with Gasteiger partial charge >= 0.3 is 12.1 Å². The number of amides is 1. The van der Waals surface area contributed by atoms with Crippen molar-refractivity contribution in [2.75, 3.05) is 13.1 Å². The number of piperidine rings is 1. The standard InChI is InChI=1S/C13H24F3NO3Si/c1-12(2,3)21(4,5)20-10-6-9(18)7-17(8-10)11(19)13(14,15)16/h9-10,18H,6-8H2,1-5H3/t9-,10+/m1/s1. The third kappa shape index (κ3) is 4.69. The van der Waals surface area contributed by atoms with E-state index < -0.39 is 32.6 Å². The van der Waals surface area contributed by atoms with Gasteiger partial charge in [-0.05, 0) is 18.1 Å². The normalized spacial score (nSPS) is 25.1. The summed E-state index contributed by atoms with van der Waals surface area (Å²) >= 11 is 0. The van der Waals surface area contributed by atoms with E-state index in [1.165, 1.54) is 0 Å². The molecule has 0 saturated carbocycles. The van der Waals surface area contributed by atoms with Crippen LogP contribution < -0.4 is 0 Å². The third-order valence-electron chi connectivity index (χ3n) is 4.19. The van der Waals surface area contributed by atoms with E-state index in [1.807, 2.05) is 33.9 Å². The van der Waals surface area contributed by atoms with E-state index in [0.717, 1.165) is 0 Å². The minimum Gasteiger partial charge on any atom is -0.412 e. The fourth-order valence-corrected chi connectivity index (χ4v) is 3.41. The summed E-state index contributed by atoms with van der Waals surface area (Å²) in [5.41, 5.74) is 0. The molecular weight excluding hydrogens is 303 g/mol. The summed E-state index contributed by atoms with van der Waals surface area (Å²) in [5, 5.41) is 9.65. The molecule has 1 heterocycles. The van der Waals surface area contributed by atoms with Gasteiger partial charge in [-0.3, -0.25) is 4.79 Å². The highest BCUT2D eigenvalue weighted by Crippen LogP contribution is 2.38. The summed E-state index contributed by atoms with van der Waals surface area (Å²) in [4.78, 5) is 12.0. The van der Waals surface area contributed by atoms with Crippen LogP contribution >= 0.6 is 0 Å². The Morgan fingerprint density at radius 1 is 1.24 bits per heavy atom. The summed E-state index contributed by atoms with van der Waals surface area (Å²) in [6.45, 7) is 9.64. The second kappa shape index (κ2) is 5.89. The van der Waals surface area contributed by atoms with Crippen LogP contribution in [0.15, 0.2) is 0 Å². The van der Waals surface area contributed by atoms with Gasteiger partial charge in [-0.25, -0.2) is 0 Å². The van der Waals surface area contributed by atoms with Crippen molar-refractivity contribution in [1.82, 2.24) is 4.90 Å². The van der Waals surface area contributed by atoms with Gasteiger partial charge < -0.3 is 14.4 Å². The fourth-order valence-electron chi connectivity index (χ4n) is 2.05. The quantitative estimate of drug-likeness (QED) is 0.793. The molecule has 4 nitrogen and oxygen atoms in total. The largest absolute Gasteiger partial charge is 0.471 e. The molecule has 1 amide bonds. The summed E-state index contributed by atoms with van der Waals surface area (Å²) in [7, 11) is -2.16. The lowest BCUT2D eigenvalue weighted by atomic mass is 10.1. The Balaban J connectivity index is 2.80. The highest BCUT2D eigenvalue weighted by molar-refractivity contribution is 6.74. The van der Waals surface area contributed by atoms with E-state index in [4.69, 9.17) is 4.43 Å². The number of likely N-dealkylation sites (tertiary alicyclic amines) is 1. The summed E-state index contributed by atoms with van der Waals surface area (Å²) in [5.74, 6) is -1.91. The lowest BCUT2D eigenvalue weighted by molar-refractivity contribution is -0.190. The number of hydrogen-bond donors (Lipinski definition) is 1. The average Bonchev–Trinajstić information content (AvgIpc) is 2.23. The first-order valence-electron chi connectivity index (χ1n) is 6.96. The van der Waals surface area contributed by atoms with Gasteiger partial charge in [0.2, 0.25) is 0 Å². The van der Waals surface area contributed by atoms with Crippen molar-refractivity contribution in [3.05, 3.63) is 0 Å². The summed E-state index contributed by atoms with van der Waals surface area (Å²) in [6, 6.07) is 0. The maximum Gasteiger partial charge on any atom is 0.471 e. The molecule has 8 heteroatoms. The third-order valence-corrected chi connectivity index (χ3v) is 8.72. The van der Waals surface area contributed by atoms with Crippen LogP contribution in [0.3, 0.4) is 0 Å². The molecule has 1 saturated heterocycles. The van der Waals surface area contributed by atoms with Crippen molar-refractivity contribution in [2.24, 2.45) is 0 Å². The van der Waals surface area contributed by atoms with Crippen LogP contribution in [0.1, 0.15) is 27.2 Å². The van der Waals surface area contributed by atoms with E-state index in [-0.39, 0.29) is 24.5 Å². The first-order chi connectivity index (χ1) is 9.24. The smallest absolute Gasteiger partial charge is 0.412 e. The number of carbonyl (C=O) groups excluding carboxylic acids is 1. The van der Waals surface area contributed by atoms with Crippen LogP contribution in [-0.4, -0.2) is 55.7 Å². The molecule has 21 heavy (non-hydrogen) atoms. The van der Waals surface area contributed by atoms with Crippen molar-refractivity contribution in [2.45, 2.75) is 63.7 Å². The Morgan fingerprint density at radius 2 is 1.76 bits per heavy atom. The Kier molecular flexibility index (Phi) is 5.17. The summed E-state index contributed by atoms with van der Waals surface area (Å²) < 4.78 is 43.6. The van der Waals surface area contributed by atoms with E-state index in [0.29, 0.717) is 4.90 Å². The highest BCUT2D eigenvalue weighted by atomic mass is 28.4. The lowest BCUT2D eigenvalue weighted by Crippen LogP contribution is -2.56. The van der Waals surface area contributed by atoms with Gasteiger partial charge in [-0.15, -0.1) is 0 Å². The molecule has 0 unspecified atom stereocenters. The first-order valence-corrected chi connectivity index (χ1v) is 9.87. The van der Waals surface area contributed by atoms with Gasteiger partial charge in [0.1, 0.15) is 0 Å². The average molecular weight is 327 g/mol. The molecule has 1 aliphatic rings. The van der Waals surface area contributed by atoms with Gasteiger partial charge in [-0.2, -0.15) is 13.2 Å². The minimum atomic E-state index is -4.92. The SMILES string of the molecule is CC(C)(C)[Si](C)(C)O[C@H]1C[C@@H](O)CN(C(=O)C(F)(F)F)C1. The Hall–Kier alpha value is -0.603. The highest BCUT2D eigenvalue weighted by Gasteiger charge is 2.46. The van der Waals surface area contributed by atoms with Gasteiger partial charge in [0, 0.05) is 19.5 Å². The van der Waals surface area contributed by atoms with Crippen LogP contribution in [0.2, 0.25) is 18.1 Å². The molecule has 1 rings (SSSR count). The van der Waals surface area contributed by atoms with Gasteiger partial charge in [0.05, 0.1) is 12.2 Å². The number of carbonyl (C=O) groups is 1. The van der Waals surface area contributed by atoms with Gasteiger partial charge in [-0.1, -0.05) is 20.8 Å². The molecule has 0 radical (unpaired) electrons. The maximum atomic E-state index is 12.5. The fraction of sp³-hybridized carbons (Fsp3) is 0.923. The number of aliphatic hydroxyl groups excluding tert-OH is 1. The Morgan fingerprint density at radius 3 is 2.19 bits per heavy atom. The molecule has 1 aliphatic heterocycles. The van der Waals surface area contributed by atoms with Crippen molar-refractivity contribution in [1.29, 1.82) is 0 Å². The van der Waals surface area contributed by atoms with Crippen molar-refractivity contribution in [3.8, 4) is 0 Å². The second-order valence-corrected chi connectivity index (χ2v) is 11.9. The number of alkyl halides is 3. The van der Waals surface area contributed by atoms with E-state index in [1.54, 1.807) is 0 Å². The monoisotopic (exact) mass is 327 g/mol. The first kappa shape index (κ1) is 18.4. The molecule has 0 aromatic rings. The van der Waals surface area contributed by atoms with Crippen LogP contribution in [0.5, 0.6) is 0 Å². The zero-order valence-electron chi connectivity index (χ0n) is 13.1. The van der Waals surface area contributed by atoms with Crippen LogP contribution in [0.4, 0.5) is 13.2 Å². The Labute approximate surface area is 124 Å². The molecule has 1 fully saturated rings. The molecular formula is C13H24F3NO3Si. The summed E-state index contributed by atoms with van der Waals surface area (Å²) in [6.07, 6.45) is -6.20. The molecule has 0 spiro atoms. The molecule has 0 aromatic carbocycles. The molecule has 124 valence electrons. The topological polar surface area (TPSA) is 49.8 Å². The number of aliphatic hydroxyl groups is 1. The van der Waals surface area contributed by atoms with Crippen molar-refractivity contribution < 1.29 is 27.5 Å². The minimum absolute atomic E-state index is 0.0890. The van der Waals surface area contributed by atoms with Gasteiger partial charge in [0.15, 0.2) is 8.32 Å². The van der Waals surface area contributed by atoms with Gasteiger partial charge in [0.25, 0.3) is 0 Å². The maximum absolute atomic E-state index is 12.5. The predicted molar refractivity (Wildman–Crippen MR) is 75.3 cm³/mol. The number of hydrogen-bond acceptors (Lipinski definition) is 3. The number of halogens is 3. The molecule has 1 N–H and O–H groups in total. The number of β-amino-alcohol motifs (C(OH)–C–C–N with tert-alkyl or cyclic N) is 1. The van der Waals surface area contributed by atoms with Crippen LogP contribution in [0.25, 0.3) is 0 Å². The second-order valence-electron chi connectivity index (χ2n) is 7.10. The van der Waals surface area contributed by atoms with E-state index in [2.05, 4.69) is 0 Å². The molecule has 0 aliphatic carbocycles. The zero-order chi connectivity index (χ0) is 16.6. The van der Waals surface area contributed by atoms with Crippen LogP contribution in [0, 0.1) is 0 Å². The molecule has 2 atom stereocenters. The zero-order valence-corrected chi connectivity index (χ0v) is 14.1. The van der Waals surface area contributed by atoms with E-state index in [9.17, 15) is 23.1 Å². The number of rotatable bonds is 2. The molecule has 0 aromatic heterocycles. The number of nitrogens with zero attached hydrogens (tertiary/aromatic N) is 1. The van der Waals surface area contributed by atoms with Crippen molar-refractivity contribution in [3.63, 3.8) is 0 Å². The predicted octanol–water partition coefficient (Wildman–Crippen LogP) is 2.53. The Bertz CT molecular complexity index is 393. The van der Waals surface area contributed by atoms with Crippen molar-refractivity contribution >= 4 is 14.2 Å².